The Morgan fingerprint density at radius 1 is 0.938 bits per heavy atom. The van der Waals surface area contributed by atoms with Crippen molar-refractivity contribution in [2.45, 2.75) is 20.8 Å². The van der Waals surface area contributed by atoms with Crippen molar-refractivity contribution in [3.63, 3.8) is 0 Å². The van der Waals surface area contributed by atoms with Crippen molar-refractivity contribution in [2.75, 3.05) is 0 Å². The molecular weight excluding hydrogens is 318 g/mol. The molecule has 0 amide bonds. The Kier molecular flexibility index (Phi) is 15.6. The molecule has 0 saturated carbocycles. The molecule has 0 aliphatic carbocycles. The third-order valence-corrected chi connectivity index (χ3v) is 1.89. The quantitative estimate of drug-likeness (QED) is 0.477. The fourth-order valence-electron chi connectivity index (χ4n) is 1.19. The third-order valence-electron chi connectivity index (χ3n) is 1.89. The molecule has 0 atom stereocenters. The average Bonchev–Trinajstić information content (AvgIpc) is 2.64. The summed E-state index contributed by atoms with van der Waals surface area (Å²) in [4.78, 5) is 0. The fraction of sp³-hybridized carbons (Fsp3) is 0.231. The van der Waals surface area contributed by atoms with Crippen LogP contribution in [0.2, 0.25) is 0 Å². The molecule has 0 N–H and O–H groups in total. The van der Waals surface area contributed by atoms with Crippen molar-refractivity contribution in [2.24, 2.45) is 0 Å². The summed E-state index contributed by atoms with van der Waals surface area (Å²) in [6.45, 7) is 6.29. The van der Waals surface area contributed by atoms with Gasteiger partial charge in [-0.05, 0) is 0 Å². The zero-order valence-corrected chi connectivity index (χ0v) is 13.8. The zero-order valence-electron chi connectivity index (χ0n) is 9.80. The summed E-state index contributed by atoms with van der Waals surface area (Å²) >= 11 is 0. The van der Waals surface area contributed by atoms with Crippen molar-refractivity contribution in [1.82, 2.24) is 0 Å². The molecule has 0 radical (unpaired) electrons. The molecule has 0 saturated heterocycles. The van der Waals surface area contributed by atoms with E-state index in [-0.39, 0.29) is 51.0 Å². The van der Waals surface area contributed by atoms with Gasteiger partial charge in [0.2, 0.25) is 0 Å². The van der Waals surface area contributed by atoms with E-state index < -0.39 is 0 Å². The smallest absolute Gasteiger partial charge is 1.00 e. The molecule has 0 heterocycles. The second kappa shape index (κ2) is 11.6. The molecule has 0 fully saturated rings. The average molecular weight is 334 g/mol. The Morgan fingerprint density at radius 3 is 1.69 bits per heavy atom. The van der Waals surface area contributed by atoms with Gasteiger partial charge in [0.1, 0.15) is 0 Å². The van der Waals surface area contributed by atoms with Crippen molar-refractivity contribution in [3.05, 3.63) is 59.2 Å². The van der Waals surface area contributed by atoms with E-state index in [1.165, 1.54) is 16.7 Å². The van der Waals surface area contributed by atoms with Gasteiger partial charge in [-0.2, -0.15) is 35.9 Å². The first-order valence-corrected chi connectivity index (χ1v) is 4.57. The van der Waals surface area contributed by atoms with Crippen LogP contribution >= 0.6 is 0 Å². The van der Waals surface area contributed by atoms with E-state index in [9.17, 15) is 0 Å². The van der Waals surface area contributed by atoms with Gasteiger partial charge in [0.25, 0.3) is 0 Å². The Bertz CT molecular complexity index is 320. The topological polar surface area (TPSA) is 0 Å². The first kappa shape index (κ1) is 21.4. The molecule has 2 rings (SSSR count). The molecule has 0 bridgehead atoms. The van der Waals surface area contributed by atoms with Gasteiger partial charge in [-0.1, -0.05) is 20.8 Å². The van der Waals surface area contributed by atoms with Crippen LogP contribution in [0.25, 0.3) is 0 Å². The SMILES string of the molecule is Cc1c[cH-]c(C)c1.Cc1cc[cH-]c1.[Cl-].[Cl-].[Zr+4]. The zero-order chi connectivity index (χ0) is 9.68. The van der Waals surface area contributed by atoms with Gasteiger partial charge in [-0.15, -0.1) is 0 Å². The number of rotatable bonds is 0. The first-order chi connectivity index (χ1) is 6.18. The van der Waals surface area contributed by atoms with Crippen molar-refractivity contribution >= 4 is 0 Å². The van der Waals surface area contributed by atoms with E-state index >= 15 is 0 Å². The first-order valence-electron chi connectivity index (χ1n) is 4.57. The monoisotopic (exact) mass is 332 g/mol. The number of aryl methyl sites for hydroxylation is 3. The van der Waals surface area contributed by atoms with E-state index in [0.717, 1.165) is 0 Å². The van der Waals surface area contributed by atoms with E-state index in [1.54, 1.807) is 0 Å². The molecule has 0 spiro atoms. The summed E-state index contributed by atoms with van der Waals surface area (Å²) in [5.41, 5.74) is 4.06. The molecule has 0 aliphatic heterocycles. The van der Waals surface area contributed by atoms with E-state index in [4.69, 9.17) is 0 Å². The predicted molar refractivity (Wildman–Crippen MR) is 58.3 cm³/mol. The minimum atomic E-state index is 0. The molecule has 2 aromatic carbocycles. The molecule has 16 heavy (non-hydrogen) atoms. The minimum Gasteiger partial charge on any atom is -1.00 e. The molecule has 0 unspecified atom stereocenters. The van der Waals surface area contributed by atoms with Crippen LogP contribution in [0.1, 0.15) is 16.7 Å². The summed E-state index contributed by atoms with van der Waals surface area (Å²) in [5, 5.41) is 0. The summed E-state index contributed by atoms with van der Waals surface area (Å²) in [6.07, 6.45) is 0. The van der Waals surface area contributed by atoms with Crippen LogP contribution in [0.3, 0.4) is 0 Å². The van der Waals surface area contributed by atoms with Crippen LogP contribution in [0.5, 0.6) is 0 Å². The van der Waals surface area contributed by atoms with Gasteiger partial charge in [0, 0.05) is 0 Å². The summed E-state index contributed by atoms with van der Waals surface area (Å²) in [6, 6.07) is 14.6. The maximum Gasteiger partial charge on any atom is 4.00 e. The molecular formula is C13H16Cl2Zr. The van der Waals surface area contributed by atoms with Crippen LogP contribution in [0.15, 0.2) is 42.5 Å². The van der Waals surface area contributed by atoms with Crippen molar-refractivity contribution in [3.8, 4) is 0 Å². The van der Waals surface area contributed by atoms with Gasteiger partial charge < -0.3 is 24.8 Å². The Hall–Kier alpha value is 0.163. The molecule has 0 aliphatic rings. The minimum absolute atomic E-state index is 0. The Morgan fingerprint density at radius 2 is 1.56 bits per heavy atom. The third kappa shape index (κ3) is 9.39. The molecule has 2 aromatic rings. The second-order valence-corrected chi connectivity index (χ2v) is 3.43. The molecule has 86 valence electrons. The normalized spacial score (nSPS) is 7.44. The van der Waals surface area contributed by atoms with Gasteiger partial charge >= 0.3 is 26.2 Å². The maximum absolute atomic E-state index is 2.17. The Labute approximate surface area is 130 Å². The largest absolute Gasteiger partial charge is 4.00 e. The standard InChI is InChI=1S/C7H9.C6H7.2ClH.Zr/c1-6-3-4-7(2)5-6;1-6-4-2-3-5-6;;;/h3-5H,1-2H3;2-5H,1H3;2*1H;/q2*-1;;;+4/p-2. The summed E-state index contributed by atoms with van der Waals surface area (Å²) in [7, 11) is 0. The predicted octanol–water partition coefficient (Wildman–Crippen LogP) is -2.26. The van der Waals surface area contributed by atoms with Gasteiger partial charge in [-0.25, -0.2) is 23.3 Å². The molecule has 0 aromatic heterocycles. The van der Waals surface area contributed by atoms with Gasteiger partial charge in [0.15, 0.2) is 0 Å². The Balaban J connectivity index is -0.000000179. The van der Waals surface area contributed by atoms with Gasteiger partial charge in [-0.3, -0.25) is 0 Å². The van der Waals surface area contributed by atoms with E-state index in [0.29, 0.717) is 0 Å². The van der Waals surface area contributed by atoms with Crippen LogP contribution in [-0.4, -0.2) is 0 Å². The number of halogens is 2. The van der Waals surface area contributed by atoms with Crippen LogP contribution < -0.4 is 24.8 Å². The molecule has 3 heteroatoms. The van der Waals surface area contributed by atoms with E-state index in [1.807, 2.05) is 12.1 Å². The molecule has 0 nitrogen and oxygen atoms in total. The summed E-state index contributed by atoms with van der Waals surface area (Å²) < 4.78 is 0. The van der Waals surface area contributed by atoms with Crippen LogP contribution in [-0.2, 0) is 26.2 Å². The summed E-state index contributed by atoms with van der Waals surface area (Å²) in [5.74, 6) is 0. The van der Waals surface area contributed by atoms with Gasteiger partial charge in [0.05, 0.1) is 0 Å². The van der Waals surface area contributed by atoms with Crippen molar-refractivity contribution in [1.29, 1.82) is 0 Å². The number of hydrogen-bond acceptors (Lipinski definition) is 0. The van der Waals surface area contributed by atoms with Crippen LogP contribution in [0.4, 0.5) is 0 Å². The maximum atomic E-state index is 2.17. The van der Waals surface area contributed by atoms with Crippen LogP contribution in [0, 0.1) is 20.8 Å². The second-order valence-electron chi connectivity index (χ2n) is 3.43. The number of hydrogen-bond donors (Lipinski definition) is 0. The van der Waals surface area contributed by atoms with E-state index in [2.05, 4.69) is 51.1 Å². The fourth-order valence-corrected chi connectivity index (χ4v) is 1.19. The van der Waals surface area contributed by atoms with Crippen molar-refractivity contribution < 1.29 is 51.0 Å².